The minimum atomic E-state index is -2.60. The molecule has 0 aromatic heterocycles. The summed E-state index contributed by atoms with van der Waals surface area (Å²) in [7, 11) is 0. The number of halogens is 2. The number of unbranched alkanes of at least 4 members (excludes halogenated alkanes) is 3. The summed E-state index contributed by atoms with van der Waals surface area (Å²) in [4.78, 5) is 152. The van der Waals surface area contributed by atoms with Gasteiger partial charge in [0.2, 0.25) is 71.5 Å². The van der Waals surface area contributed by atoms with E-state index in [1.807, 2.05) is 0 Å². The van der Waals surface area contributed by atoms with Crippen molar-refractivity contribution in [2.75, 3.05) is 19.8 Å². The number of phenols is 4. The van der Waals surface area contributed by atoms with Gasteiger partial charge in [-0.15, -0.1) is 0 Å². The zero-order valence-corrected chi connectivity index (χ0v) is 73.6. The number of carbonyl (C=O) groups is 10. The van der Waals surface area contributed by atoms with Gasteiger partial charge in [0.05, 0.1) is 29.9 Å². The molecular weight excluding hydrogens is 1820 g/mol. The monoisotopic (exact) mass is 1920 g/mol. The normalized spacial score (nSPS) is 28.5. The first-order valence-corrected chi connectivity index (χ1v) is 43.6. The van der Waals surface area contributed by atoms with Crippen LogP contribution in [-0.4, -0.2) is 260 Å². The fourth-order valence-corrected chi connectivity index (χ4v) is 17.3. The molecule has 7 aromatic rings. The van der Waals surface area contributed by atoms with E-state index < -0.39 is 333 Å². The number of benzene rings is 7. The summed E-state index contributed by atoms with van der Waals surface area (Å²) in [5.41, 5.74) is -4.00. The average molecular weight is 1920 g/mol. The van der Waals surface area contributed by atoms with Crippen molar-refractivity contribution in [3.8, 4) is 80.1 Å². The van der Waals surface area contributed by atoms with Gasteiger partial charge < -0.3 is 167 Å². The Morgan fingerprint density at radius 2 is 1.02 bits per heavy atom. The molecule has 0 saturated carbocycles. The summed E-state index contributed by atoms with van der Waals surface area (Å²) in [5, 5.41) is 193. The molecule has 0 radical (unpaired) electrons. The minimum Gasteiger partial charge on any atom is -0.508 e. The maximum Gasteiger partial charge on any atom is 0.330 e. The van der Waals surface area contributed by atoms with Crippen molar-refractivity contribution in [2.24, 2.45) is 5.92 Å². The van der Waals surface area contributed by atoms with Gasteiger partial charge >= 0.3 is 5.97 Å². The van der Waals surface area contributed by atoms with Crippen molar-refractivity contribution in [3.63, 3.8) is 0 Å². The van der Waals surface area contributed by atoms with E-state index in [1.165, 1.54) is 24.3 Å². The standard InChI is InChI=1S/C90H99Cl2N9O34/c1-34(2)9-7-5-6-8-10-62(111)96-70-76(116)73(113)60(32-103)132-89(70)135-80-57-26-42-27-58(80)129-54-18-14-40(24-49(54)92)79(134-88-69(94-36(4)106)75(115)72(112)59(31-102)131-88)71-86(124)100-68(87(125)126)47-29-44(108)30-56(130-90-78(118)77(117)74(114)61(33-104)133-90)63(47)46-23-38(12-15-51(46)109)65(83(121)101-71)98-85(123)67(42)99-84(122)66-41-21-43(107)28-45(22-41)127-55-25-39(13-16-52(55)110)64(93-35(3)105)82(120)95-50(81(119)97-66)20-37-11-17-53(128-57)48(91)19-37/h11-19,21-30,34,50,59-61,64-79,88-90,102-104,107-110,112-118H,5-10,20,31-33H2,1-4H3,(H,93,105)(H,94,106)(H,95,120)(H,96,111)(H,97,119)(H,98,123)(H,99,122)(H,100,124)(H,101,121)(H,125,126)/t50-,59-,60-,61-,64+,65-,66+,67-,68-,69-,70-,71+,72-,73-,74-,75-,76-,77+,78+,79-,88+,89+,90+/m1/s1/i93+1. The van der Waals surface area contributed by atoms with E-state index >= 15 is 28.8 Å². The molecule has 43 nitrogen and oxygen atoms in total. The van der Waals surface area contributed by atoms with E-state index in [2.05, 4.69) is 61.7 Å². The number of carboxylic acid groups (broad SMARTS) is 1. The van der Waals surface area contributed by atoms with Crippen LogP contribution in [0.15, 0.2) is 115 Å². The Morgan fingerprint density at radius 3 is 1.64 bits per heavy atom. The molecule has 0 aliphatic carbocycles. The van der Waals surface area contributed by atoms with Crippen LogP contribution in [0.1, 0.15) is 141 Å². The molecule has 9 aliphatic rings. The highest BCUT2D eigenvalue weighted by molar-refractivity contribution is 6.32. The molecule has 7 aromatic carbocycles. The second-order valence-corrected chi connectivity index (χ2v) is 34.7. The summed E-state index contributed by atoms with van der Waals surface area (Å²) in [5.74, 6) is -20.4. The molecule has 722 valence electrons. The zero-order valence-electron chi connectivity index (χ0n) is 72.1. The van der Waals surface area contributed by atoms with Crippen LogP contribution in [-0.2, 0) is 73.3 Å². The minimum absolute atomic E-state index is 0.0333. The largest absolute Gasteiger partial charge is 0.508 e. The van der Waals surface area contributed by atoms with Gasteiger partial charge in [0.15, 0.2) is 35.3 Å². The Kier molecular flexibility index (Phi) is 30.4. The molecule has 45 heteroatoms. The van der Waals surface area contributed by atoms with Gasteiger partial charge in [-0.2, -0.15) is 0 Å². The fourth-order valence-electron chi connectivity index (χ4n) is 16.8. The molecule has 17 bridgehead atoms. The van der Waals surface area contributed by atoms with Crippen molar-refractivity contribution in [1.29, 1.82) is 0 Å². The number of aliphatic carboxylic acids is 1. The van der Waals surface area contributed by atoms with Crippen molar-refractivity contribution in [2.45, 2.75) is 213 Å². The SMILES string of the molecule is CC(=O)N[C@H]1[C@H](O[C@@H]2c3ccc(c(Cl)c3)Oc3cc4cc(c3O[C@@H]3O[C@H](CO)[C@@H](O)[C@H](O)[C@H]3NC(=O)CCCCCCC(C)C)Oc3ccc(cc3Cl)C[C@H]3NC(=O)[C@@H]([15NH]C(C)=O)c5ccc(O)c(c5)Oc5cc(O)cc(c5)[C@H](NC3=O)C(=O)N[C@H]4C(=O)N[C@H]3C(=O)N[C@@H]2C(=O)N[C@@H](C(=O)O)c2cc(O)cc(O[C@H]4O[C@H](CO)[C@@H](O)[C@H](O)[C@@H]4O)c2-c2cc3ccc2O)O[C@H](CO)[C@@H](O)[C@@H]1O. The van der Waals surface area contributed by atoms with Crippen LogP contribution in [0.5, 0.6) is 69.0 Å². The molecule has 3 saturated heterocycles. The fraction of sp³-hybridized carbons (Fsp3) is 0.422. The highest BCUT2D eigenvalue weighted by atomic mass is 35.5. The average Bonchev–Trinajstić information content (AvgIpc) is 0.753. The Balaban J connectivity index is 1.04. The number of hydrogen-bond donors (Lipinski definition) is 24. The van der Waals surface area contributed by atoms with Crippen LogP contribution in [0, 0.1) is 5.92 Å². The number of aliphatic hydroxyl groups excluding tert-OH is 10. The van der Waals surface area contributed by atoms with Gasteiger partial charge in [0.1, 0.15) is 156 Å². The first kappa shape index (κ1) is 98.5. The molecule has 9 aliphatic heterocycles. The van der Waals surface area contributed by atoms with Crippen molar-refractivity contribution >= 4 is 82.3 Å². The number of rotatable bonds is 20. The van der Waals surface area contributed by atoms with Gasteiger partial charge in [0.25, 0.3) is 0 Å². The van der Waals surface area contributed by atoms with Gasteiger partial charge in [-0.25, -0.2) is 4.79 Å². The van der Waals surface area contributed by atoms with Gasteiger partial charge in [-0.3, -0.25) is 43.2 Å². The van der Waals surface area contributed by atoms with E-state index in [0.717, 1.165) is 124 Å². The number of carboxylic acids is 1. The van der Waals surface area contributed by atoms with Crippen LogP contribution in [0.2, 0.25) is 10.0 Å². The number of nitrogens with one attached hydrogen (secondary N) is 9. The van der Waals surface area contributed by atoms with Crippen LogP contribution < -0.4 is 71.5 Å². The predicted molar refractivity (Wildman–Crippen MR) is 463 cm³/mol. The number of ether oxygens (including phenoxy) is 9. The number of aliphatic hydroxyl groups is 10. The van der Waals surface area contributed by atoms with E-state index in [0.29, 0.717) is 18.8 Å². The third-order valence-corrected chi connectivity index (χ3v) is 24.3. The molecule has 9 amide bonds. The molecule has 0 spiro atoms. The number of amides is 9. The van der Waals surface area contributed by atoms with E-state index in [1.54, 1.807) is 0 Å². The number of aromatic hydroxyl groups is 4. The van der Waals surface area contributed by atoms with Crippen molar-refractivity contribution in [3.05, 3.63) is 164 Å². The molecule has 135 heavy (non-hydrogen) atoms. The zero-order chi connectivity index (χ0) is 97.1. The van der Waals surface area contributed by atoms with Gasteiger partial charge in [-0.05, 0) is 125 Å². The number of carbonyl (C=O) groups excluding carboxylic acids is 9. The summed E-state index contributed by atoms with van der Waals surface area (Å²) in [6.07, 6.45) is -26.1. The topological polar surface area (TPSA) is 665 Å². The van der Waals surface area contributed by atoms with Crippen LogP contribution in [0.25, 0.3) is 11.1 Å². The first-order chi connectivity index (χ1) is 64.3. The maximum absolute atomic E-state index is 17.1. The van der Waals surface area contributed by atoms with E-state index in [4.69, 9.17) is 65.8 Å². The Hall–Kier alpha value is -12.5. The predicted octanol–water partition coefficient (Wildman–Crippen LogP) is 1.20. The lowest BCUT2D eigenvalue weighted by Gasteiger charge is -2.44. The smallest absolute Gasteiger partial charge is 0.330 e. The third-order valence-electron chi connectivity index (χ3n) is 23.7. The molecule has 24 N–H and O–H groups in total. The Bertz CT molecular complexity index is 5700. The highest BCUT2D eigenvalue weighted by Crippen LogP contribution is 2.51. The number of fused-ring (bicyclic) bond motifs is 14. The van der Waals surface area contributed by atoms with E-state index in [9.17, 15) is 95.8 Å². The molecule has 0 unspecified atom stereocenters. The lowest BCUT2D eigenvalue weighted by atomic mass is 9.89. The van der Waals surface area contributed by atoms with Crippen molar-refractivity contribution < 1.29 is 167 Å². The van der Waals surface area contributed by atoms with Crippen LogP contribution in [0.4, 0.5) is 0 Å². The third kappa shape index (κ3) is 21.7. The molecule has 3 fully saturated rings. The maximum atomic E-state index is 17.1. The molecule has 23 atom stereocenters. The van der Waals surface area contributed by atoms with Crippen molar-refractivity contribution in [1.82, 2.24) is 47.9 Å². The van der Waals surface area contributed by atoms with Crippen LogP contribution in [0.3, 0.4) is 0 Å². The quantitative estimate of drug-likeness (QED) is 0.0376. The molecule has 9 heterocycles. The number of phenolic OH excluding ortho intramolecular Hbond substituents is 4. The summed E-state index contributed by atoms with van der Waals surface area (Å²) in [6.45, 7) is 3.01. The summed E-state index contributed by atoms with van der Waals surface area (Å²) in [6, 6.07) is 0.0802. The lowest BCUT2D eigenvalue weighted by molar-refractivity contribution is -0.284. The Labute approximate surface area is 776 Å². The second-order valence-electron chi connectivity index (χ2n) is 33.8. The van der Waals surface area contributed by atoms with E-state index in [-0.39, 0.29) is 28.3 Å². The summed E-state index contributed by atoms with van der Waals surface area (Å²) >= 11 is 14.8. The van der Waals surface area contributed by atoms with Gasteiger partial charge in [0, 0.05) is 55.5 Å². The Morgan fingerprint density at radius 1 is 0.474 bits per heavy atom. The van der Waals surface area contributed by atoms with Crippen LogP contribution >= 0.6 is 23.2 Å². The summed E-state index contributed by atoms with van der Waals surface area (Å²) < 4.78 is 57.6. The number of hydrogen-bond acceptors (Lipinski definition) is 33. The molecular formula is C90H99Cl2N9O34. The first-order valence-electron chi connectivity index (χ1n) is 42.9. The van der Waals surface area contributed by atoms with Gasteiger partial charge in [-0.1, -0.05) is 87.0 Å². The second kappa shape index (κ2) is 41.8. The highest BCUT2D eigenvalue weighted by Gasteiger charge is 2.52. The lowest BCUT2D eigenvalue weighted by Crippen LogP contribution is -2.65. The molecule has 16 rings (SSSR count).